The van der Waals surface area contributed by atoms with Crippen LogP contribution in [0.15, 0.2) is 36.1 Å². The van der Waals surface area contributed by atoms with E-state index in [9.17, 15) is 19.7 Å². The molecule has 0 unspecified atom stereocenters. The average molecular weight is 263 g/mol. The van der Waals surface area contributed by atoms with Crippen molar-refractivity contribution in [1.82, 2.24) is 0 Å². The van der Waals surface area contributed by atoms with Crippen LogP contribution in [-0.2, 0) is 9.53 Å². The van der Waals surface area contributed by atoms with Gasteiger partial charge in [0.2, 0.25) is 5.78 Å². The summed E-state index contributed by atoms with van der Waals surface area (Å²) in [4.78, 5) is 33.7. The van der Waals surface area contributed by atoms with Gasteiger partial charge in [0, 0.05) is 6.07 Å². The Labute approximate surface area is 109 Å². The Morgan fingerprint density at radius 1 is 1.37 bits per heavy atom. The summed E-state index contributed by atoms with van der Waals surface area (Å²) in [6, 6.07) is 5.47. The van der Waals surface area contributed by atoms with E-state index < -0.39 is 16.5 Å². The molecule has 0 spiro atoms. The van der Waals surface area contributed by atoms with Crippen LogP contribution in [0.2, 0.25) is 0 Å². The summed E-state index contributed by atoms with van der Waals surface area (Å²) in [6.07, 6.45) is 1.04. The van der Waals surface area contributed by atoms with Crippen LogP contribution in [0.4, 0.5) is 5.69 Å². The number of carbonyl (C=O) groups excluding carboxylic acids is 2. The van der Waals surface area contributed by atoms with Gasteiger partial charge < -0.3 is 4.74 Å². The fourth-order valence-corrected chi connectivity index (χ4v) is 1.43. The quantitative estimate of drug-likeness (QED) is 0.149. The largest absolute Gasteiger partial charge is 0.501 e. The van der Waals surface area contributed by atoms with E-state index in [1.54, 1.807) is 6.92 Å². The van der Waals surface area contributed by atoms with Gasteiger partial charge in [-0.1, -0.05) is 12.1 Å². The minimum Gasteiger partial charge on any atom is -0.501 e. The maximum atomic E-state index is 12.1. The lowest BCUT2D eigenvalue weighted by molar-refractivity contribution is -0.385. The van der Waals surface area contributed by atoms with Gasteiger partial charge in [-0.2, -0.15) is 0 Å². The van der Waals surface area contributed by atoms with Crippen LogP contribution in [0, 0.1) is 10.1 Å². The summed E-state index contributed by atoms with van der Waals surface area (Å²) in [5.74, 6) is -1.22. The minimum atomic E-state index is -0.715. The number of allylic oxidation sites excluding steroid dienone is 1. The number of ether oxygens (including phenoxy) is 1. The number of nitro benzene ring substituents is 1. The molecule has 0 saturated carbocycles. The Kier molecular flexibility index (Phi) is 4.93. The Bertz CT molecular complexity index is 548. The van der Waals surface area contributed by atoms with E-state index >= 15 is 0 Å². The summed E-state index contributed by atoms with van der Waals surface area (Å²) >= 11 is 0. The van der Waals surface area contributed by atoms with E-state index in [0.29, 0.717) is 6.61 Å². The molecule has 0 bridgehead atoms. The number of hydrogen-bond donors (Lipinski definition) is 0. The minimum absolute atomic E-state index is 0.131. The first-order valence-electron chi connectivity index (χ1n) is 5.59. The number of benzene rings is 1. The maximum absolute atomic E-state index is 12.1. The Balaban J connectivity index is 3.25. The molecule has 0 aromatic heterocycles. The van der Waals surface area contributed by atoms with Crippen molar-refractivity contribution in [1.29, 1.82) is 0 Å². The molecule has 0 radical (unpaired) electrons. The second kappa shape index (κ2) is 6.44. The van der Waals surface area contributed by atoms with Gasteiger partial charge in [0.25, 0.3) is 5.69 Å². The fourth-order valence-electron chi connectivity index (χ4n) is 1.43. The highest BCUT2D eigenvalue weighted by atomic mass is 16.6. The van der Waals surface area contributed by atoms with E-state index in [1.165, 1.54) is 31.2 Å². The van der Waals surface area contributed by atoms with Crippen LogP contribution < -0.4 is 0 Å². The van der Waals surface area contributed by atoms with Crippen molar-refractivity contribution in [2.45, 2.75) is 13.8 Å². The van der Waals surface area contributed by atoms with E-state index in [1.807, 2.05) is 0 Å². The highest BCUT2D eigenvalue weighted by molar-refractivity contribution is 6.26. The first-order valence-corrected chi connectivity index (χ1v) is 5.59. The Morgan fingerprint density at radius 2 is 2.00 bits per heavy atom. The van der Waals surface area contributed by atoms with Crippen LogP contribution in [0.3, 0.4) is 0 Å². The topological polar surface area (TPSA) is 86.5 Å². The molecule has 0 N–H and O–H groups in total. The molecule has 1 rings (SSSR count). The second-order valence-electron chi connectivity index (χ2n) is 3.65. The number of nitrogens with zero attached hydrogens (tertiary/aromatic N) is 1. The summed E-state index contributed by atoms with van der Waals surface area (Å²) < 4.78 is 4.93. The van der Waals surface area contributed by atoms with Crippen LogP contribution in [-0.4, -0.2) is 23.1 Å². The van der Waals surface area contributed by atoms with E-state index in [-0.39, 0.29) is 16.8 Å². The number of para-hydroxylation sites is 1. The lowest BCUT2D eigenvalue weighted by atomic mass is 10.0. The average Bonchev–Trinajstić information content (AvgIpc) is 2.38. The van der Waals surface area contributed by atoms with Crippen molar-refractivity contribution in [3.8, 4) is 0 Å². The van der Waals surface area contributed by atoms with Gasteiger partial charge in [0.15, 0.2) is 5.78 Å². The molecule has 0 atom stereocenters. The molecule has 6 heteroatoms. The molecule has 0 saturated heterocycles. The molecule has 0 fully saturated rings. The number of ketones is 2. The van der Waals surface area contributed by atoms with Crippen molar-refractivity contribution < 1.29 is 19.2 Å². The van der Waals surface area contributed by atoms with Crippen LogP contribution >= 0.6 is 0 Å². The standard InChI is InChI=1S/C13H13NO5/c1-3-19-8-11(9(2)15)13(16)10-6-4-5-7-12(10)14(17)18/h4-8H,3H2,1-2H3/b11-8-. The number of rotatable bonds is 6. The van der Waals surface area contributed by atoms with Gasteiger partial charge in [0.1, 0.15) is 5.56 Å². The first-order chi connectivity index (χ1) is 8.99. The molecular weight excluding hydrogens is 250 g/mol. The van der Waals surface area contributed by atoms with Crippen LogP contribution in [0.1, 0.15) is 24.2 Å². The monoisotopic (exact) mass is 263 g/mol. The molecule has 1 aromatic carbocycles. The normalized spacial score (nSPS) is 10.9. The van der Waals surface area contributed by atoms with Crippen molar-refractivity contribution in [3.63, 3.8) is 0 Å². The predicted molar refractivity (Wildman–Crippen MR) is 67.8 cm³/mol. The Morgan fingerprint density at radius 3 is 2.53 bits per heavy atom. The number of Topliss-reactive ketones (excluding diaryl/α,β-unsaturated/α-hetero) is 2. The summed E-state index contributed by atoms with van der Waals surface area (Å²) in [5, 5.41) is 10.9. The predicted octanol–water partition coefficient (Wildman–Crippen LogP) is 2.29. The van der Waals surface area contributed by atoms with Crippen LogP contribution in [0.25, 0.3) is 0 Å². The number of carbonyl (C=O) groups is 2. The molecule has 0 amide bonds. The van der Waals surface area contributed by atoms with Crippen LogP contribution in [0.5, 0.6) is 0 Å². The lowest BCUT2D eigenvalue weighted by Crippen LogP contribution is -2.13. The number of nitro groups is 1. The molecule has 0 aliphatic rings. The zero-order valence-corrected chi connectivity index (χ0v) is 10.6. The summed E-state index contributed by atoms with van der Waals surface area (Å²) in [7, 11) is 0. The summed E-state index contributed by atoms with van der Waals surface area (Å²) in [5.41, 5.74) is -0.680. The van der Waals surface area contributed by atoms with Gasteiger partial charge in [0.05, 0.1) is 23.4 Å². The molecule has 0 aliphatic carbocycles. The molecule has 0 heterocycles. The molecule has 6 nitrogen and oxygen atoms in total. The molecule has 100 valence electrons. The second-order valence-corrected chi connectivity index (χ2v) is 3.65. The van der Waals surface area contributed by atoms with E-state index in [2.05, 4.69) is 0 Å². The lowest BCUT2D eigenvalue weighted by Gasteiger charge is -2.04. The fraction of sp³-hybridized carbons (Fsp3) is 0.231. The highest BCUT2D eigenvalue weighted by Gasteiger charge is 2.24. The molecule has 1 aromatic rings. The third kappa shape index (κ3) is 3.48. The first kappa shape index (κ1) is 14.6. The number of hydrogen-bond acceptors (Lipinski definition) is 5. The highest BCUT2D eigenvalue weighted by Crippen LogP contribution is 2.21. The maximum Gasteiger partial charge on any atom is 0.280 e. The zero-order valence-electron chi connectivity index (χ0n) is 10.6. The summed E-state index contributed by atoms with van der Waals surface area (Å²) in [6.45, 7) is 3.20. The molecule has 19 heavy (non-hydrogen) atoms. The van der Waals surface area contributed by atoms with Crippen molar-refractivity contribution >= 4 is 17.3 Å². The molecule has 0 aliphatic heterocycles. The van der Waals surface area contributed by atoms with Crippen molar-refractivity contribution in [2.75, 3.05) is 6.61 Å². The SMILES string of the molecule is CCO/C=C(/C(C)=O)C(=O)c1ccccc1[N+](=O)[O-]. The van der Waals surface area contributed by atoms with Gasteiger partial charge in [-0.15, -0.1) is 0 Å². The van der Waals surface area contributed by atoms with Gasteiger partial charge in [-0.3, -0.25) is 19.7 Å². The van der Waals surface area contributed by atoms with Crippen molar-refractivity contribution in [2.24, 2.45) is 0 Å². The zero-order chi connectivity index (χ0) is 14.4. The molecular formula is C13H13NO5. The van der Waals surface area contributed by atoms with Gasteiger partial charge in [-0.05, 0) is 19.9 Å². The van der Waals surface area contributed by atoms with Gasteiger partial charge >= 0.3 is 0 Å². The third-order valence-electron chi connectivity index (χ3n) is 2.34. The smallest absolute Gasteiger partial charge is 0.280 e. The van der Waals surface area contributed by atoms with Crippen molar-refractivity contribution in [3.05, 3.63) is 51.8 Å². The third-order valence-corrected chi connectivity index (χ3v) is 2.34. The van der Waals surface area contributed by atoms with Gasteiger partial charge in [-0.25, -0.2) is 0 Å². The Hall–Kier alpha value is -2.50. The van der Waals surface area contributed by atoms with E-state index in [0.717, 1.165) is 6.26 Å². The van der Waals surface area contributed by atoms with E-state index in [4.69, 9.17) is 4.74 Å².